The van der Waals surface area contributed by atoms with Crippen LogP contribution >= 0.6 is 22.9 Å². The van der Waals surface area contributed by atoms with E-state index in [0.717, 1.165) is 10.6 Å². The largest absolute Gasteiger partial charge is 0.368 e. The molecule has 1 aliphatic rings. The highest BCUT2D eigenvalue weighted by Gasteiger charge is 2.26. The Labute approximate surface area is 149 Å². The lowest BCUT2D eigenvalue weighted by atomic mass is 10.2. The highest BCUT2D eigenvalue weighted by Crippen LogP contribution is 2.20. The molecule has 1 saturated heterocycles. The molecule has 2 aromatic rings. The Kier molecular flexibility index (Phi) is 5.37. The minimum atomic E-state index is -0.542. The van der Waals surface area contributed by atoms with Crippen LogP contribution in [-0.2, 0) is 16.1 Å². The zero-order chi connectivity index (χ0) is 16.9. The summed E-state index contributed by atoms with van der Waals surface area (Å²) in [5.41, 5.74) is 1.04. The Morgan fingerprint density at radius 1 is 1.12 bits per heavy atom. The standard InChI is InChI=1S/C17H18ClN3O2S/c18-13-3-1-4-14(11-13)20-6-8-21(9-7-20)17(23)16(22)19-12-15-5-2-10-24-15/h1-5,10-11H,6-9,12H2,(H,19,22). The van der Waals surface area contributed by atoms with Crippen molar-refractivity contribution in [2.24, 2.45) is 0 Å². The maximum Gasteiger partial charge on any atom is 0.312 e. The maximum atomic E-state index is 12.2. The van der Waals surface area contributed by atoms with Crippen LogP contribution in [0, 0.1) is 0 Å². The Hall–Kier alpha value is -2.05. The van der Waals surface area contributed by atoms with Crippen molar-refractivity contribution >= 4 is 40.4 Å². The number of halogens is 1. The molecule has 1 aromatic carbocycles. The minimum absolute atomic E-state index is 0.394. The molecule has 0 radical (unpaired) electrons. The van der Waals surface area contributed by atoms with Gasteiger partial charge in [0, 0.05) is 41.8 Å². The molecule has 0 unspecified atom stereocenters. The van der Waals surface area contributed by atoms with Gasteiger partial charge in [0.25, 0.3) is 0 Å². The third-order valence-corrected chi connectivity index (χ3v) is 5.05. The van der Waals surface area contributed by atoms with E-state index in [2.05, 4.69) is 10.2 Å². The molecule has 3 rings (SSSR count). The van der Waals surface area contributed by atoms with E-state index in [9.17, 15) is 9.59 Å². The number of nitrogens with one attached hydrogen (secondary N) is 1. The molecule has 1 fully saturated rings. The topological polar surface area (TPSA) is 52.7 Å². The number of benzene rings is 1. The van der Waals surface area contributed by atoms with Crippen LogP contribution in [0.4, 0.5) is 5.69 Å². The molecule has 7 heteroatoms. The van der Waals surface area contributed by atoms with Crippen LogP contribution in [0.1, 0.15) is 4.88 Å². The summed E-state index contributed by atoms with van der Waals surface area (Å²) in [6, 6.07) is 11.5. The van der Waals surface area contributed by atoms with Gasteiger partial charge >= 0.3 is 11.8 Å². The molecule has 1 aromatic heterocycles. The van der Waals surface area contributed by atoms with Gasteiger partial charge in [0.05, 0.1) is 6.54 Å². The smallest absolute Gasteiger partial charge is 0.312 e. The Balaban J connectivity index is 1.50. The van der Waals surface area contributed by atoms with Gasteiger partial charge in [-0.3, -0.25) is 9.59 Å². The molecule has 2 amide bonds. The van der Waals surface area contributed by atoms with Gasteiger partial charge in [0.1, 0.15) is 0 Å². The zero-order valence-electron chi connectivity index (χ0n) is 13.1. The average molecular weight is 364 g/mol. The average Bonchev–Trinajstić information content (AvgIpc) is 3.13. The third-order valence-electron chi connectivity index (χ3n) is 3.94. The summed E-state index contributed by atoms with van der Waals surface area (Å²) in [7, 11) is 0. The van der Waals surface area contributed by atoms with Crippen LogP contribution in [0.5, 0.6) is 0 Å². The second kappa shape index (κ2) is 7.68. The van der Waals surface area contributed by atoms with Crippen molar-refractivity contribution in [1.29, 1.82) is 0 Å². The summed E-state index contributed by atoms with van der Waals surface area (Å²) < 4.78 is 0. The van der Waals surface area contributed by atoms with Crippen LogP contribution in [0.25, 0.3) is 0 Å². The number of piperazine rings is 1. The lowest BCUT2D eigenvalue weighted by molar-refractivity contribution is -0.146. The van der Waals surface area contributed by atoms with E-state index >= 15 is 0 Å². The highest BCUT2D eigenvalue weighted by atomic mass is 35.5. The molecule has 0 aliphatic carbocycles. The van der Waals surface area contributed by atoms with Gasteiger partial charge in [-0.25, -0.2) is 0 Å². The molecule has 24 heavy (non-hydrogen) atoms. The van der Waals surface area contributed by atoms with Crippen LogP contribution < -0.4 is 10.2 Å². The van der Waals surface area contributed by atoms with Crippen molar-refractivity contribution in [2.75, 3.05) is 31.1 Å². The molecule has 0 saturated carbocycles. The zero-order valence-corrected chi connectivity index (χ0v) is 14.6. The fourth-order valence-electron chi connectivity index (χ4n) is 2.64. The van der Waals surface area contributed by atoms with Gasteiger partial charge in [-0.05, 0) is 29.6 Å². The molecule has 0 atom stereocenters. The van der Waals surface area contributed by atoms with E-state index in [4.69, 9.17) is 11.6 Å². The van der Waals surface area contributed by atoms with Crippen LogP contribution in [0.2, 0.25) is 5.02 Å². The van der Waals surface area contributed by atoms with Gasteiger partial charge in [0.15, 0.2) is 0 Å². The van der Waals surface area contributed by atoms with E-state index in [-0.39, 0.29) is 0 Å². The fraction of sp³-hybridized carbons (Fsp3) is 0.294. The molecule has 1 N–H and O–H groups in total. The van der Waals surface area contributed by atoms with E-state index in [1.165, 1.54) is 0 Å². The molecule has 2 heterocycles. The maximum absolute atomic E-state index is 12.2. The number of rotatable bonds is 3. The number of carbonyl (C=O) groups is 2. The van der Waals surface area contributed by atoms with Crippen molar-refractivity contribution in [3.8, 4) is 0 Å². The van der Waals surface area contributed by atoms with Crippen molar-refractivity contribution in [3.63, 3.8) is 0 Å². The summed E-state index contributed by atoms with van der Waals surface area (Å²) in [6.07, 6.45) is 0. The van der Waals surface area contributed by atoms with Crippen LogP contribution in [0.3, 0.4) is 0 Å². The number of hydrogen-bond acceptors (Lipinski definition) is 4. The normalized spacial score (nSPS) is 14.5. The quantitative estimate of drug-likeness (QED) is 0.852. The molecule has 126 valence electrons. The first-order valence-electron chi connectivity index (χ1n) is 7.73. The SMILES string of the molecule is O=C(NCc1cccs1)C(=O)N1CCN(c2cccc(Cl)c2)CC1. The van der Waals surface area contributed by atoms with Crippen molar-refractivity contribution < 1.29 is 9.59 Å². The molecular weight excluding hydrogens is 346 g/mol. The summed E-state index contributed by atoms with van der Waals surface area (Å²) >= 11 is 7.57. The van der Waals surface area contributed by atoms with Gasteiger partial charge < -0.3 is 15.1 Å². The summed E-state index contributed by atoms with van der Waals surface area (Å²) in [5.74, 6) is -1.00. The molecular formula is C17H18ClN3O2S. The number of carbonyl (C=O) groups excluding carboxylic acids is 2. The Bertz CT molecular complexity index is 712. The first-order chi connectivity index (χ1) is 11.6. The molecule has 0 spiro atoms. The second-order valence-electron chi connectivity index (χ2n) is 5.52. The van der Waals surface area contributed by atoms with Crippen molar-refractivity contribution in [1.82, 2.24) is 10.2 Å². The Morgan fingerprint density at radius 3 is 2.58 bits per heavy atom. The van der Waals surface area contributed by atoms with E-state index in [1.807, 2.05) is 41.8 Å². The number of anilines is 1. The summed E-state index contributed by atoms with van der Waals surface area (Å²) in [5, 5.41) is 5.32. The Morgan fingerprint density at radius 2 is 1.92 bits per heavy atom. The molecule has 1 aliphatic heterocycles. The lowest BCUT2D eigenvalue weighted by Gasteiger charge is -2.35. The number of thiophene rings is 1. The van der Waals surface area contributed by atoms with Gasteiger partial charge in [-0.15, -0.1) is 11.3 Å². The van der Waals surface area contributed by atoms with Gasteiger partial charge in [0.2, 0.25) is 0 Å². The minimum Gasteiger partial charge on any atom is -0.368 e. The van der Waals surface area contributed by atoms with Crippen molar-refractivity contribution in [2.45, 2.75) is 6.54 Å². The van der Waals surface area contributed by atoms with Crippen LogP contribution in [0.15, 0.2) is 41.8 Å². The van der Waals surface area contributed by atoms with E-state index < -0.39 is 11.8 Å². The van der Waals surface area contributed by atoms with E-state index in [1.54, 1.807) is 16.2 Å². The predicted molar refractivity (Wildman–Crippen MR) is 96.4 cm³/mol. The monoisotopic (exact) mass is 363 g/mol. The lowest BCUT2D eigenvalue weighted by Crippen LogP contribution is -2.52. The first-order valence-corrected chi connectivity index (χ1v) is 8.99. The number of hydrogen-bond donors (Lipinski definition) is 1. The number of amides is 2. The molecule has 5 nitrogen and oxygen atoms in total. The first kappa shape index (κ1) is 16.8. The van der Waals surface area contributed by atoms with Crippen molar-refractivity contribution in [3.05, 3.63) is 51.7 Å². The van der Waals surface area contributed by atoms with Gasteiger partial charge in [-0.2, -0.15) is 0 Å². The summed E-state index contributed by atoms with van der Waals surface area (Å²) in [4.78, 5) is 29.0. The van der Waals surface area contributed by atoms with Crippen LogP contribution in [-0.4, -0.2) is 42.9 Å². The van der Waals surface area contributed by atoms with Gasteiger partial charge in [-0.1, -0.05) is 23.7 Å². The molecule has 0 bridgehead atoms. The fourth-order valence-corrected chi connectivity index (χ4v) is 3.47. The predicted octanol–water partition coefficient (Wildman–Crippen LogP) is 2.37. The number of nitrogens with zero attached hydrogens (tertiary/aromatic N) is 2. The summed E-state index contributed by atoms with van der Waals surface area (Å²) in [6.45, 7) is 2.81. The third kappa shape index (κ3) is 4.07. The highest BCUT2D eigenvalue weighted by molar-refractivity contribution is 7.09. The second-order valence-corrected chi connectivity index (χ2v) is 6.99. The van der Waals surface area contributed by atoms with E-state index in [0.29, 0.717) is 37.7 Å².